The summed E-state index contributed by atoms with van der Waals surface area (Å²) in [6.07, 6.45) is 5.00. The highest BCUT2D eigenvalue weighted by atomic mass is 19.1. The van der Waals surface area contributed by atoms with Crippen LogP contribution in [-0.4, -0.2) is 6.04 Å². The Morgan fingerprint density at radius 3 is 2.22 bits per heavy atom. The van der Waals surface area contributed by atoms with Gasteiger partial charge in [0.25, 0.3) is 0 Å². The zero-order valence-corrected chi connectivity index (χ0v) is 11.0. The standard InChI is InChI=1S/C15H21F2N/c1-10(12-6-3-4-7-12)18-11(2)15-13(16)8-5-9-14(15)17/h5,8-12,18H,3-4,6-7H2,1-2H3/t10-,11?/m0/s1. The second-order valence-corrected chi connectivity index (χ2v) is 5.36. The Hall–Kier alpha value is -0.960. The Morgan fingerprint density at radius 1 is 1.11 bits per heavy atom. The van der Waals surface area contributed by atoms with Crippen LogP contribution in [0.1, 0.15) is 51.1 Å². The summed E-state index contributed by atoms with van der Waals surface area (Å²) in [5.74, 6) is -0.287. The number of hydrogen-bond acceptors (Lipinski definition) is 1. The van der Waals surface area contributed by atoms with Gasteiger partial charge >= 0.3 is 0 Å². The number of halogens is 2. The first-order valence-electron chi connectivity index (χ1n) is 6.79. The molecule has 0 saturated heterocycles. The first-order chi connectivity index (χ1) is 8.59. The van der Waals surface area contributed by atoms with Crippen LogP contribution >= 0.6 is 0 Å². The molecule has 0 amide bonds. The molecule has 18 heavy (non-hydrogen) atoms. The lowest BCUT2D eigenvalue weighted by Crippen LogP contribution is -2.35. The average molecular weight is 253 g/mol. The maximum Gasteiger partial charge on any atom is 0.130 e. The van der Waals surface area contributed by atoms with Crippen LogP contribution in [-0.2, 0) is 0 Å². The fourth-order valence-corrected chi connectivity index (χ4v) is 3.00. The normalized spacial score (nSPS) is 20.0. The predicted molar refractivity (Wildman–Crippen MR) is 69.3 cm³/mol. The Labute approximate surface area is 108 Å². The molecule has 0 aromatic heterocycles. The van der Waals surface area contributed by atoms with Gasteiger partial charge in [-0.3, -0.25) is 0 Å². The summed E-state index contributed by atoms with van der Waals surface area (Å²) < 4.78 is 27.3. The van der Waals surface area contributed by atoms with E-state index in [1.165, 1.54) is 43.9 Å². The van der Waals surface area contributed by atoms with Gasteiger partial charge in [-0.25, -0.2) is 8.78 Å². The van der Waals surface area contributed by atoms with E-state index in [1.807, 2.05) is 6.92 Å². The van der Waals surface area contributed by atoms with E-state index >= 15 is 0 Å². The third-order valence-electron chi connectivity index (χ3n) is 4.05. The third kappa shape index (κ3) is 2.89. The van der Waals surface area contributed by atoms with Crippen molar-refractivity contribution in [1.29, 1.82) is 0 Å². The molecule has 3 heteroatoms. The van der Waals surface area contributed by atoms with Gasteiger partial charge in [0.15, 0.2) is 0 Å². The van der Waals surface area contributed by atoms with Crippen LogP contribution in [0.5, 0.6) is 0 Å². The van der Waals surface area contributed by atoms with E-state index < -0.39 is 11.6 Å². The van der Waals surface area contributed by atoms with Crippen molar-refractivity contribution in [3.8, 4) is 0 Å². The van der Waals surface area contributed by atoms with E-state index in [-0.39, 0.29) is 11.6 Å². The highest BCUT2D eigenvalue weighted by Gasteiger charge is 2.24. The molecule has 1 nitrogen and oxygen atoms in total. The molecule has 1 aliphatic rings. The van der Waals surface area contributed by atoms with Crippen LogP contribution < -0.4 is 5.32 Å². The zero-order valence-electron chi connectivity index (χ0n) is 11.0. The van der Waals surface area contributed by atoms with Crippen LogP contribution in [0.4, 0.5) is 8.78 Å². The van der Waals surface area contributed by atoms with Crippen molar-refractivity contribution in [2.24, 2.45) is 5.92 Å². The molecule has 100 valence electrons. The number of rotatable bonds is 4. The Bertz CT molecular complexity index is 379. The van der Waals surface area contributed by atoms with Gasteiger partial charge < -0.3 is 5.32 Å². The smallest absolute Gasteiger partial charge is 0.130 e. The molecule has 1 aromatic carbocycles. The second-order valence-electron chi connectivity index (χ2n) is 5.36. The van der Waals surface area contributed by atoms with E-state index in [1.54, 1.807) is 0 Å². The van der Waals surface area contributed by atoms with Crippen LogP contribution in [0.3, 0.4) is 0 Å². The summed E-state index contributed by atoms with van der Waals surface area (Å²) in [5.41, 5.74) is 0.155. The quantitative estimate of drug-likeness (QED) is 0.848. The summed E-state index contributed by atoms with van der Waals surface area (Å²) in [6, 6.07) is 4.05. The van der Waals surface area contributed by atoms with Crippen molar-refractivity contribution in [2.75, 3.05) is 0 Å². The molecular formula is C15H21F2N. The molecule has 0 spiro atoms. The molecule has 1 unspecified atom stereocenters. The summed E-state index contributed by atoms with van der Waals surface area (Å²) in [7, 11) is 0. The van der Waals surface area contributed by atoms with Gasteiger partial charge in [0.2, 0.25) is 0 Å². The van der Waals surface area contributed by atoms with Crippen molar-refractivity contribution < 1.29 is 8.78 Å². The molecule has 0 radical (unpaired) electrons. The van der Waals surface area contributed by atoms with Gasteiger partial charge in [0.05, 0.1) is 0 Å². The first kappa shape index (κ1) is 13.5. The molecule has 2 atom stereocenters. The van der Waals surface area contributed by atoms with Crippen molar-refractivity contribution in [2.45, 2.75) is 51.6 Å². The minimum atomic E-state index is -0.464. The number of hydrogen-bond donors (Lipinski definition) is 1. The summed E-state index contributed by atoms with van der Waals surface area (Å²) in [4.78, 5) is 0. The number of benzene rings is 1. The highest BCUT2D eigenvalue weighted by Crippen LogP contribution is 2.29. The van der Waals surface area contributed by atoms with Gasteiger partial charge in [-0.15, -0.1) is 0 Å². The zero-order chi connectivity index (χ0) is 13.1. The predicted octanol–water partition coefficient (Wildman–Crippen LogP) is 4.19. The molecule has 1 aromatic rings. The minimum absolute atomic E-state index is 0.155. The van der Waals surface area contributed by atoms with Crippen LogP contribution in [0.15, 0.2) is 18.2 Å². The summed E-state index contributed by atoms with van der Waals surface area (Å²) in [5, 5.41) is 3.34. The average Bonchev–Trinajstić information content (AvgIpc) is 2.81. The Balaban J connectivity index is 2.04. The second kappa shape index (κ2) is 5.79. The van der Waals surface area contributed by atoms with Gasteiger partial charge in [0.1, 0.15) is 11.6 Å². The van der Waals surface area contributed by atoms with Crippen molar-refractivity contribution in [1.82, 2.24) is 5.32 Å². The molecule has 0 heterocycles. The van der Waals surface area contributed by atoms with Crippen molar-refractivity contribution >= 4 is 0 Å². The first-order valence-corrected chi connectivity index (χ1v) is 6.79. The lowest BCUT2D eigenvalue weighted by molar-refractivity contribution is 0.343. The van der Waals surface area contributed by atoms with Gasteiger partial charge in [-0.1, -0.05) is 18.9 Å². The molecule has 1 fully saturated rings. The maximum absolute atomic E-state index is 13.6. The van der Waals surface area contributed by atoms with E-state index in [9.17, 15) is 8.78 Å². The fourth-order valence-electron chi connectivity index (χ4n) is 3.00. The van der Waals surface area contributed by atoms with E-state index in [4.69, 9.17) is 0 Å². The van der Waals surface area contributed by atoms with Crippen LogP contribution in [0, 0.1) is 17.6 Å². The topological polar surface area (TPSA) is 12.0 Å². The SMILES string of the molecule is CC(N[C@@H](C)C1CCCC1)c1c(F)cccc1F. The Morgan fingerprint density at radius 2 is 1.67 bits per heavy atom. The summed E-state index contributed by atoms with van der Waals surface area (Å²) in [6.45, 7) is 3.94. The lowest BCUT2D eigenvalue weighted by atomic mass is 9.97. The molecule has 1 aliphatic carbocycles. The molecule has 0 bridgehead atoms. The molecular weight excluding hydrogens is 232 g/mol. The van der Waals surface area contributed by atoms with E-state index in [0.29, 0.717) is 12.0 Å². The molecule has 2 rings (SSSR count). The van der Waals surface area contributed by atoms with E-state index in [2.05, 4.69) is 12.2 Å². The minimum Gasteiger partial charge on any atom is -0.307 e. The monoisotopic (exact) mass is 253 g/mol. The largest absolute Gasteiger partial charge is 0.307 e. The highest BCUT2D eigenvalue weighted by molar-refractivity contribution is 5.22. The van der Waals surface area contributed by atoms with Gasteiger partial charge in [-0.2, -0.15) is 0 Å². The van der Waals surface area contributed by atoms with Gasteiger partial charge in [-0.05, 0) is 44.7 Å². The van der Waals surface area contributed by atoms with Crippen molar-refractivity contribution in [3.63, 3.8) is 0 Å². The van der Waals surface area contributed by atoms with Crippen LogP contribution in [0.2, 0.25) is 0 Å². The summed E-state index contributed by atoms with van der Waals surface area (Å²) >= 11 is 0. The molecule has 0 aliphatic heterocycles. The fraction of sp³-hybridized carbons (Fsp3) is 0.600. The Kier molecular flexibility index (Phi) is 4.33. The molecule has 1 saturated carbocycles. The number of nitrogens with one attached hydrogen (secondary N) is 1. The van der Waals surface area contributed by atoms with Crippen molar-refractivity contribution in [3.05, 3.63) is 35.4 Å². The maximum atomic E-state index is 13.6. The lowest BCUT2D eigenvalue weighted by Gasteiger charge is -2.25. The molecule has 1 N–H and O–H groups in total. The van der Waals surface area contributed by atoms with E-state index in [0.717, 1.165) is 0 Å². The van der Waals surface area contributed by atoms with Crippen LogP contribution in [0.25, 0.3) is 0 Å². The van der Waals surface area contributed by atoms with Gasteiger partial charge in [0, 0.05) is 17.6 Å². The third-order valence-corrected chi connectivity index (χ3v) is 4.05.